The van der Waals surface area contributed by atoms with E-state index in [2.05, 4.69) is 53.5 Å². The first kappa shape index (κ1) is 28.4. The molecule has 0 radical (unpaired) electrons. The smallest absolute Gasteiger partial charge is 0.255 e. The fraction of sp³-hybridized carbons (Fsp3) is 0.143. The first-order chi connectivity index (χ1) is 20.0. The molecule has 6 rings (SSSR count). The van der Waals surface area contributed by atoms with Crippen LogP contribution in [0, 0.1) is 13.8 Å². The Kier molecular flexibility index (Phi) is 7.95. The van der Waals surface area contributed by atoms with Crippen LogP contribution in [-0.2, 0) is 0 Å². The lowest BCUT2D eigenvalue weighted by Crippen LogP contribution is -2.12. The van der Waals surface area contributed by atoms with Crippen molar-refractivity contribution in [2.75, 3.05) is 10.6 Å². The van der Waals surface area contributed by atoms with Crippen molar-refractivity contribution in [3.05, 3.63) is 131 Å². The minimum atomic E-state index is -0.143. The zero-order valence-corrected chi connectivity index (χ0v) is 23.8. The molecule has 2 heterocycles. The number of amides is 2. The molecule has 212 valence electrons. The topological polar surface area (TPSA) is 121 Å². The summed E-state index contributed by atoms with van der Waals surface area (Å²) >= 11 is 0. The van der Waals surface area contributed by atoms with Gasteiger partial charge in [0.05, 0.1) is 22.4 Å². The summed E-state index contributed by atoms with van der Waals surface area (Å²) in [7, 11) is 0. The van der Waals surface area contributed by atoms with Gasteiger partial charge in [-0.25, -0.2) is 0 Å². The van der Waals surface area contributed by atoms with Crippen molar-refractivity contribution in [3.8, 4) is 0 Å². The maximum atomic E-state index is 12.9. The normalized spacial score (nSPS) is 11.0. The first-order valence-electron chi connectivity index (χ1n) is 13.9. The van der Waals surface area contributed by atoms with Gasteiger partial charge in [-0.2, -0.15) is 0 Å². The summed E-state index contributed by atoms with van der Waals surface area (Å²) in [5.74, 6) is -0.226. The van der Waals surface area contributed by atoms with E-state index in [1.807, 2.05) is 84.9 Å². The van der Waals surface area contributed by atoms with Gasteiger partial charge in [-0.15, -0.1) is 0 Å². The van der Waals surface area contributed by atoms with Crippen LogP contribution in [0.5, 0.6) is 0 Å². The molecular weight excluding hydrogens is 524 g/mol. The molecule has 0 aliphatic carbocycles. The van der Waals surface area contributed by atoms with Crippen molar-refractivity contribution in [1.82, 2.24) is 9.97 Å². The van der Waals surface area contributed by atoms with E-state index in [-0.39, 0.29) is 23.2 Å². The highest BCUT2D eigenvalue weighted by molar-refractivity contribution is 6.10. The van der Waals surface area contributed by atoms with Crippen LogP contribution in [0.25, 0.3) is 21.8 Å². The van der Waals surface area contributed by atoms with Crippen molar-refractivity contribution < 1.29 is 15.1 Å². The van der Waals surface area contributed by atoms with Gasteiger partial charge in [-0.05, 0) is 67.8 Å². The van der Waals surface area contributed by atoms with Crippen molar-refractivity contribution in [2.24, 2.45) is 0 Å². The Balaban J connectivity index is 0.00000353. The molecule has 7 heteroatoms. The van der Waals surface area contributed by atoms with Crippen molar-refractivity contribution in [1.29, 1.82) is 0 Å². The number of nitrogens with one attached hydrogen (secondary N) is 4. The molecule has 0 aliphatic rings. The SMILES string of the molecule is CCC(c1[nH]c2c(NC(=O)c3ccccc3)cccc2c1C)c1[nH]c2c(NC(=O)c3ccccc3)cccc2c1C.O. The summed E-state index contributed by atoms with van der Waals surface area (Å²) in [6.45, 7) is 6.43. The number of H-pyrrole nitrogens is 2. The quantitative estimate of drug-likeness (QED) is 0.162. The van der Waals surface area contributed by atoms with Crippen molar-refractivity contribution >= 4 is 45.0 Å². The predicted octanol–water partition coefficient (Wildman–Crippen LogP) is 7.49. The average molecular weight is 559 g/mol. The largest absolute Gasteiger partial charge is 0.412 e. The van der Waals surface area contributed by atoms with E-state index in [0.29, 0.717) is 11.1 Å². The first-order valence-corrected chi connectivity index (χ1v) is 13.9. The fourth-order valence-corrected chi connectivity index (χ4v) is 5.77. The second-order valence-corrected chi connectivity index (χ2v) is 10.4. The summed E-state index contributed by atoms with van der Waals surface area (Å²) in [5.41, 5.74) is 9.06. The zero-order chi connectivity index (χ0) is 28.5. The van der Waals surface area contributed by atoms with Crippen LogP contribution in [0.15, 0.2) is 97.1 Å². The molecule has 0 spiro atoms. The summed E-state index contributed by atoms with van der Waals surface area (Å²) < 4.78 is 0. The van der Waals surface area contributed by atoms with E-state index in [4.69, 9.17) is 0 Å². The Labute approximate surface area is 244 Å². The Morgan fingerprint density at radius 2 is 1.02 bits per heavy atom. The van der Waals surface area contributed by atoms with Crippen LogP contribution >= 0.6 is 0 Å². The third-order valence-electron chi connectivity index (χ3n) is 7.94. The standard InChI is InChI=1S/C35H32N4O2.H2O/c1-4-25(30-21(2)26-17-11-19-28(32(26)38-30)36-34(40)23-13-7-5-8-14-23)31-22(3)27-18-12-20-29(33(27)39-31)37-35(41)24-15-9-6-10-16-24;/h5-20,25,38-39H,4H2,1-3H3,(H,36,40)(H,37,41);1H2. The van der Waals surface area contributed by atoms with Crippen LogP contribution in [0.3, 0.4) is 0 Å². The van der Waals surface area contributed by atoms with Gasteiger partial charge in [0.15, 0.2) is 0 Å². The lowest BCUT2D eigenvalue weighted by Gasteiger charge is -2.15. The van der Waals surface area contributed by atoms with Gasteiger partial charge < -0.3 is 26.1 Å². The monoisotopic (exact) mass is 558 g/mol. The van der Waals surface area contributed by atoms with Crippen molar-refractivity contribution in [2.45, 2.75) is 33.1 Å². The van der Waals surface area contributed by atoms with Gasteiger partial charge in [0.1, 0.15) is 0 Å². The van der Waals surface area contributed by atoms with E-state index in [9.17, 15) is 9.59 Å². The Bertz CT molecular complexity index is 1750. The van der Waals surface area contributed by atoms with Crippen molar-refractivity contribution in [3.63, 3.8) is 0 Å². The van der Waals surface area contributed by atoms with Gasteiger partial charge >= 0.3 is 0 Å². The van der Waals surface area contributed by atoms with Gasteiger partial charge in [0, 0.05) is 39.2 Å². The Morgan fingerprint density at radius 3 is 1.40 bits per heavy atom. The zero-order valence-electron chi connectivity index (χ0n) is 23.8. The van der Waals surface area contributed by atoms with Crippen LogP contribution in [0.4, 0.5) is 11.4 Å². The third kappa shape index (κ3) is 5.06. The fourth-order valence-electron chi connectivity index (χ4n) is 5.77. The highest BCUT2D eigenvalue weighted by Gasteiger charge is 2.24. The lowest BCUT2D eigenvalue weighted by atomic mass is 9.92. The minimum absolute atomic E-state index is 0. The molecule has 2 amide bonds. The van der Waals surface area contributed by atoms with E-state index in [0.717, 1.165) is 62.1 Å². The van der Waals surface area contributed by atoms with Gasteiger partial charge in [-0.3, -0.25) is 9.59 Å². The molecule has 0 atom stereocenters. The molecular formula is C35H34N4O3. The molecule has 0 unspecified atom stereocenters. The molecule has 42 heavy (non-hydrogen) atoms. The molecule has 2 aromatic heterocycles. The summed E-state index contributed by atoms with van der Waals surface area (Å²) in [5, 5.41) is 8.34. The highest BCUT2D eigenvalue weighted by Crippen LogP contribution is 2.39. The predicted molar refractivity (Wildman–Crippen MR) is 171 cm³/mol. The van der Waals surface area contributed by atoms with Crippen LogP contribution in [0.2, 0.25) is 0 Å². The number of fused-ring (bicyclic) bond motifs is 2. The third-order valence-corrected chi connectivity index (χ3v) is 7.94. The van der Waals surface area contributed by atoms with E-state index < -0.39 is 0 Å². The molecule has 0 bridgehead atoms. The van der Waals surface area contributed by atoms with Crippen LogP contribution in [0.1, 0.15) is 62.5 Å². The second kappa shape index (κ2) is 11.8. The number of para-hydroxylation sites is 2. The summed E-state index contributed by atoms with van der Waals surface area (Å²) in [6, 6.07) is 30.5. The number of rotatable bonds is 7. The molecule has 6 aromatic rings. The number of anilines is 2. The number of aromatic nitrogens is 2. The average Bonchev–Trinajstić information content (AvgIpc) is 3.52. The molecule has 7 nitrogen and oxygen atoms in total. The lowest BCUT2D eigenvalue weighted by molar-refractivity contribution is 0.101. The Morgan fingerprint density at radius 1 is 0.619 bits per heavy atom. The number of aryl methyl sites for hydroxylation is 2. The van der Waals surface area contributed by atoms with Gasteiger partial charge in [0.2, 0.25) is 0 Å². The second-order valence-electron chi connectivity index (χ2n) is 10.4. The van der Waals surface area contributed by atoms with E-state index >= 15 is 0 Å². The van der Waals surface area contributed by atoms with Crippen LogP contribution in [-0.4, -0.2) is 27.3 Å². The summed E-state index contributed by atoms with van der Waals surface area (Å²) in [4.78, 5) is 33.2. The Hall–Kier alpha value is -5.14. The molecule has 0 aliphatic heterocycles. The minimum Gasteiger partial charge on any atom is -0.412 e. The molecule has 0 fully saturated rings. The number of carbonyl (C=O) groups is 2. The molecule has 0 saturated heterocycles. The number of hydrogen-bond donors (Lipinski definition) is 4. The van der Waals surface area contributed by atoms with E-state index in [1.165, 1.54) is 0 Å². The maximum Gasteiger partial charge on any atom is 0.255 e. The molecule has 4 aromatic carbocycles. The number of benzene rings is 4. The van der Waals surface area contributed by atoms with Gasteiger partial charge in [0.25, 0.3) is 11.8 Å². The number of aromatic amines is 2. The van der Waals surface area contributed by atoms with Gasteiger partial charge in [-0.1, -0.05) is 67.6 Å². The number of carbonyl (C=O) groups excluding carboxylic acids is 2. The molecule has 6 N–H and O–H groups in total. The molecule has 0 saturated carbocycles. The maximum absolute atomic E-state index is 12.9. The highest BCUT2D eigenvalue weighted by atomic mass is 16.2. The van der Waals surface area contributed by atoms with E-state index in [1.54, 1.807) is 0 Å². The van der Waals surface area contributed by atoms with Crippen LogP contribution < -0.4 is 10.6 Å². The number of hydrogen-bond acceptors (Lipinski definition) is 2. The summed E-state index contributed by atoms with van der Waals surface area (Å²) in [6.07, 6.45) is 0.860.